The van der Waals surface area contributed by atoms with E-state index in [1.165, 1.54) is 29.9 Å². The fraction of sp³-hybridized carbons (Fsp3) is 0.600. The Morgan fingerprint density at radius 1 is 1.90 bits per heavy atom. The molecule has 0 aromatic carbocycles. The molecular weight excluding hydrogens is 187 g/mol. The monoisotopic (exact) mass is 194 g/mol. The summed E-state index contributed by atoms with van der Waals surface area (Å²) in [6, 6.07) is 0. The maximum absolute atomic E-state index is 11.4. The zero-order chi connectivity index (χ0) is 7.61. The molecular formula is C5H7O2PS2. The van der Waals surface area contributed by atoms with Crippen molar-refractivity contribution in [2.24, 2.45) is 0 Å². The molecule has 1 aliphatic heterocycles. The third-order valence-corrected chi connectivity index (χ3v) is 8.87. The average Bonchev–Trinajstić information content (AvgIpc) is 2.33. The highest BCUT2D eigenvalue weighted by Crippen LogP contribution is 2.75. The second-order valence-corrected chi connectivity index (χ2v) is 9.30. The molecule has 56 valence electrons. The highest BCUT2D eigenvalue weighted by atomic mass is 33.1. The van der Waals surface area contributed by atoms with Crippen molar-refractivity contribution in [2.45, 2.75) is 5.25 Å². The summed E-state index contributed by atoms with van der Waals surface area (Å²) in [5, 5.41) is 0.0655. The normalized spacial score (nSPS) is 39.4. The molecule has 2 nitrogen and oxygen atoms in total. The van der Waals surface area contributed by atoms with Crippen molar-refractivity contribution >= 4 is 28.5 Å². The molecule has 0 bridgehead atoms. The summed E-state index contributed by atoms with van der Waals surface area (Å²) in [5.41, 5.74) is 0. The lowest BCUT2D eigenvalue weighted by atomic mass is 10.5. The van der Waals surface area contributed by atoms with E-state index in [1.807, 2.05) is 0 Å². The van der Waals surface area contributed by atoms with E-state index in [4.69, 9.17) is 10.9 Å². The molecule has 0 spiro atoms. The van der Waals surface area contributed by atoms with Crippen molar-refractivity contribution in [1.82, 2.24) is 0 Å². The Bertz CT molecular complexity index is 210. The highest BCUT2D eigenvalue weighted by molar-refractivity contribution is 8.91. The van der Waals surface area contributed by atoms with E-state index in [0.717, 1.165) is 5.75 Å². The molecule has 1 saturated heterocycles. The molecule has 1 aliphatic rings. The molecule has 10 heavy (non-hydrogen) atoms. The summed E-state index contributed by atoms with van der Waals surface area (Å²) in [6.45, 7) is 0. The van der Waals surface area contributed by atoms with Gasteiger partial charge in [-0.15, -0.1) is 6.42 Å². The minimum absolute atomic E-state index is 0.0655. The van der Waals surface area contributed by atoms with Crippen LogP contribution in [0, 0.1) is 12.3 Å². The Morgan fingerprint density at radius 3 is 2.90 bits per heavy atom. The summed E-state index contributed by atoms with van der Waals surface area (Å²) in [7, 11) is 1.46. The van der Waals surface area contributed by atoms with Gasteiger partial charge >= 0.3 is 5.77 Å². The minimum atomic E-state index is -2.43. The van der Waals surface area contributed by atoms with Gasteiger partial charge in [0.2, 0.25) is 0 Å². The molecule has 1 rings (SSSR count). The Labute approximate surface area is 68.4 Å². The molecule has 1 fully saturated rings. The third-order valence-electron chi connectivity index (χ3n) is 1.05. The minimum Gasteiger partial charge on any atom is -0.317 e. The van der Waals surface area contributed by atoms with E-state index in [-0.39, 0.29) is 5.25 Å². The van der Waals surface area contributed by atoms with Gasteiger partial charge in [-0.1, -0.05) is 17.3 Å². The largest absolute Gasteiger partial charge is 0.317 e. The van der Waals surface area contributed by atoms with E-state index in [0.29, 0.717) is 0 Å². The van der Waals surface area contributed by atoms with Gasteiger partial charge in [-0.2, -0.15) is 0 Å². The van der Waals surface area contributed by atoms with Crippen LogP contribution in [0.3, 0.4) is 0 Å². The third kappa shape index (κ3) is 1.73. The van der Waals surface area contributed by atoms with Gasteiger partial charge in [-0.3, -0.25) is 4.57 Å². The standard InChI is InChI=1S/C5H7O2PS2/c1-3-5-4-9-8(6,7-2)10-5/h1,5H,4H2,2H3. The predicted octanol–water partition coefficient (Wildman–Crippen LogP) is 2.22. The molecule has 0 N–H and O–H groups in total. The fourth-order valence-corrected chi connectivity index (χ4v) is 7.79. The summed E-state index contributed by atoms with van der Waals surface area (Å²) >= 11 is 2.60. The second-order valence-electron chi connectivity index (χ2n) is 1.69. The molecule has 0 aromatic heterocycles. The zero-order valence-corrected chi connectivity index (χ0v) is 7.97. The van der Waals surface area contributed by atoms with Crippen LogP contribution in [-0.4, -0.2) is 18.1 Å². The smallest absolute Gasteiger partial charge is 0.314 e. The van der Waals surface area contributed by atoms with Crippen LogP contribution in [0.5, 0.6) is 0 Å². The van der Waals surface area contributed by atoms with Gasteiger partial charge in [-0.05, 0) is 11.4 Å². The quantitative estimate of drug-likeness (QED) is 0.472. The van der Waals surface area contributed by atoms with Gasteiger partial charge in [0.1, 0.15) is 0 Å². The molecule has 5 heteroatoms. The highest BCUT2D eigenvalue weighted by Gasteiger charge is 2.35. The average molecular weight is 194 g/mol. The van der Waals surface area contributed by atoms with Crippen molar-refractivity contribution in [3.8, 4) is 12.3 Å². The van der Waals surface area contributed by atoms with Crippen molar-refractivity contribution in [2.75, 3.05) is 12.9 Å². The fourth-order valence-electron chi connectivity index (χ4n) is 0.550. The lowest BCUT2D eigenvalue weighted by molar-refractivity contribution is 0.424. The molecule has 0 aliphatic carbocycles. The van der Waals surface area contributed by atoms with Gasteiger partial charge in [0.05, 0.1) is 5.25 Å². The lowest BCUT2D eigenvalue weighted by Gasteiger charge is -2.03. The summed E-state index contributed by atoms with van der Waals surface area (Å²) < 4.78 is 16.2. The molecule has 0 amide bonds. The Hall–Kier alpha value is 0.450. The number of hydrogen-bond acceptors (Lipinski definition) is 4. The summed E-state index contributed by atoms with van der Waals surface area (Å²) in [4.78, 5) is 0. The van der Waals surface area contributed by atoms with Gasteiger partial charge < -0.3 is 4.52 Å². The van der Waals surface area contributed by atoms with Crippen LogP contribution >= 0.6 is 28.5 Å². The van der Waals surface area contributed by atoms with Crippen LogP contribution in [0.2, 0.25) is 0 Å². The van der Waals surface area contributed by atoms with Crippen LogP contribution in [-0.2, 0) is 9.09 Å². The maximum atomic E-state index is 11.4. The van der Waals surface area contributed by atoms with Gasteiger partial charge in [0, 0.05) is 12.9 Å². The maximum Gasteiger partial charge on any atom is 0.314 e. The van der Waals surface area contributed by atoms with Crippen molar-refractivity contribution in [3.63, 3.8) is 0 Å². The van der Waals surface area contributed by atoms with Crippen molar-refractivity contribution in [1.29, 1.82) is 0 Å². The van der Waals surface area contributed by atoms with E-state index >= 15 is 0 Å². The van der Waals surface area contributed by atoms with E-state index in [1.54, 1.807) is 0 Å². The topological polar surface area (TPSA) is 26.3 Å². The van der Waals surface area contributed by atoms with E-state index in [9.17, 15) is 4.57 Å². The van der Waals surface area contributed by atoms with Crippen LogP contribution in [0.25, 0.3) is 0 Å². The van der Waals surface area contributed by atoms with Crippen LogP contribution in [0.4, 0.5) is 0 Å². The summed E-state index contributed by atoms with van der Waals surface area (Å²) in [6.07, 6.45) is 5.15. The number of rotatable bonds is 1. The first-order chi connectivity index (χ1) is 4.70. The van der Waals surface area contributed by atoms with E-state index in [2.05, 4.69) is 5.92 Å². The van der Waals surface area contributed by atoms with Gasteiger partial charge in [0.15, 0.2) is 0 Å². The zero-order valence-electron chi connectivity index (χ0n) is 5.44. The second kappa shape index (κ2) is 3.23. The molecule has 0 radical (unpaired) electrons. The molecule has 2 unspecified atom stereocenters. The number of hydrogen-bond donors (Lipinski definition) is 0. The molecule has 0 saturated carbocycles. The van der Waals surface area contributed by atoms with Crippen LogP contribution < -0.4 is 0 Å². The van der Waals surface area contributed by atoms with Gasteiger partial charge in [-0.25, -0.2) is 0 Å². The SMILES string of the molecule is C#CC1CSP(=O)(OC)S1. The molecule has 0 aromatic rings. The van der Waals surface area contributed by atoms with Gasteiger partial charge in [0.25, 0.3) is 0 Å². The molecule has 1 heterocycles. The van der Waals surface area contributed by atoms with E-state index < -0.39 is 5.77 Å². The number of terminal acetylenes is 1. The first kappa shape index (κ1) is 8.55. The lowest BCUT2D eigenvalue weighted by Crippen LogP contribution is -1.92. The summed E-state index contributed by atoms with van der Waals surface area (Å²) in [5.74, 6) is 0.853. The Kier molecular flexibility index (Phi) is 2.76. The Morgan fingerprint density at radius 2 is 2.60 bits per heavy atom. The molecule has 2 atom stereocenters. The van der Waals surface area contributed by atoms with Crippen LogP contribution in [0.1, 0.15) is 0 Å². The van der Waals surface area contributed by atoms with Crippen molar-refractivity contribution < 1.29 is 9.09 Å². The van der Waals surface area contributed by atoms with Crippen LogP contribution in [0.15, 0.2) is 0 Å². The predicted molar refractivity (Wildman–Crippen MR) is 47.3 cm³/mol. The van der Waals surface area contributed by atoms with Crippen molar-refractivity contribution in [3.05, 3.63) is 0 Å². The first-order valence-electron chi connectivity index (χ1n) is 2.65. The first-order valence-corrected chi connectivity index (χ1v) is 7.35. The Balaban J connectivity index is 2.60.